The van der Waals surface area contributed by atoms with Gasteiger partial charge in [-0.25, -0.2) is 4.79 Å². The maximum atomic E-state index is 12.2. The summed E-state index contributed by atoms with van der Waals surface area (Å²) in [6.45, 7) is 6.12. The van der Waals surface area contributed by atoms with Crippen LogP contribution >= 0.6 is 0 Å². The first-order chi connectivity index (χ1) is 9.95. The summed E-state index contributed by atoms with van der Waals surface area (Å²) in [6.07, 6.45) is 0.841. The summed E-state index contributed by atoms with van der Waals surface area (Å²) >= 11 is 0. The zero-order valence-corrected chi connectivity index (χ0v) is 12.4. The lowest BCUT2D eigenvalue weighted by molar-refractivity contribution is 0.0609. The molecule has 1 aromatic carbocycles. The molecule has 0 aromatic heterocycles. The first kappa shape index (κ1) is 15.0. The van der Waals surface area contributed by atoms with Crippen molar-refractivity contribution >= 4 is 23.5 Å². The van der Waals surface area contributed by atoms with E-state index in [2.05, 4.69) is 10.6 Å². The Bertz CT molecular complexity index is 596. The minimum atomic E-state index is -0.325. The van der Waals surface area contributed by atoms with Crippen molar-refractivity contribution in [2.75, 3.05) is 11.9 Å². The smallest absolute Gasteiger partial charge is 0.319 e. The quantitative estimate of drug-likeness (QED) is 0.834. The molecule has 0 saturated carbocycles. The number of fused-ring (bicyclic) bond motifs is 1. The Balaban J connectivity index is 2.20. The number of nitrogens with one attached hydrogen (secondary N) is 2. The normalized spacial score (nSPS) is 13.6. The number of urea groups is 1. The zero-order valence-electron chi connectivity index (χ0n) is 12.4. The third kappa shape index (κ3) is 2.89. The molecule has 1 aromatic rings. The number of amides is 4. The van der Waals surface area contributed by atoms with Crippen LogP contribution in [0.1, 0.15) is 47.9 Å². The molecule has 0 bridgehead atoms. The molecule has 0 saturated heterocycles. The molecule has 2 rings (SSSR count). The molecular weight excluding hydrogens is 270 g/mol. The van der Waals surface area contributed by atoms with E-state index in [1.54, 1.807) is 32.0 Å². The maximum Gasteiger partial charge on any atom is 0.319 e. The van der Waals surface area contributed by atoms with Crippen molar-refractivity contribution < 1.29 is 14.4 Å². The van der Waals surface area contributed by atoms with Gasteiger partial charge in [0, 0.05) is 18.3 Å². The average molecular weight is 289 g/mol. The summed E-state index contributed by atoms with van der Waals surface area (Å²) in [4.78, 5) is 37.2. The highest BCUT2D eigenvalue weighted by Gasteiger charge is 2.37. The second kappa shape index (κ2) is 5.95. The molecule has 112 valence electrons. The van der Waals surface area contributed by atoms with E-state index >= 15 is 0 Å². The zero-order chi connectivity index (χ0) is 15.6. The van der Waals surface area contributed by atoms with Crippen LogP contribution in [0, 0.1) is 0 Å². The summed E-state index contributed by atoms with van der Waals surface area (Å²) in [6, 6.07) is 4.23. The lowest BCUT2D eigenvalue weighted by atomic mass is 10.1. The van der Waals surface area contributed by atoms with Crippen LogP contribution in [0.15, 0.2) is 18.2 Å². The van der Waals surface area contributed by atoms with Crippen molar-refractivity contribution in [2.45, 2.75) is 33.2 Å². The predicted molar refractivity (Wildman–Crippen MR) is 79.4 cm³/mol. The number of imide groups is 1. The Morgan fingerprint density at radius 1 is 1.19 bits per heavy atom. The molecule has 1 aliphatic heterocycles. The molecule has 1 aliphatic rings. The lowest BCUT2D eigenvalue weighted by Crippen LogP contribution is -2.35. The van der Waals surface area contributed by atoms with Crippen LogP contribution in [-0.4, -0.2) is 35.3 Å². The Kier molecular flexibility index (Phi) is 4.26. The Labute approximate surface area is 123 Å². The van der Waals surface area contributed by atoms with Gasteiger partial charge in [0.2, 0.25) is 0 Å². The molecule has 0 radical (unpaired) electrons. The third-order valence-corrected chi connectivity index (χ3v) is 3.23. The number of nitrogens with zero attached hydrogens (tertiary/aromatic N) is 1. The fourth-order valence-electron chi connectivity index (χ4n) is 2.22. The van der Waals surface area contributed by atoms with Gasteiger partial charge in [-0.1, -0.05) is 6.92 Å². The van der Waals surface area contributed by atoms with E-state index in [0.717, 1.165) is 6.42 Å². The number of anilines is 1. The Morgan fingerprint density at radius 2 is 1.86 bits per heavy atom. The fourth-order valence-corrected chi connectivity index (χ4v) is 2.22. The van der Waals surface area contributed by atoms with Crippen molar-refractivity contribution in [2.24, 2.45) is 0 Å². The van der Waals surface area contributed by atoms with Crippen LogP contribution in [0.25, 0.3) is 0 Å². The first-order valence-electron chi connectivity index (χ1n) is 7.02. The van der Waals surface area contributed by atoms with E-state index in [9.17, 15) is 14.4 Å². The molecule has 6 heteroatoms. The monoisotopic (exact) mass is 289 g/mol. The number of benzene rings is 1. The molecule has 0 aliphatic carbocycles. The SMILES string of the molecule is CCCNC(=O)Nc1ccc2c(c1)C(=O)N(C(C)C)C2=O. The topological polar surface area (TPSA) is 78.5 Å². The first-order valence-corrected chi connectivity index (χ1v) is 7.02. The molecule has 1 heterocycles. The van der Waals surface area contributed by atoms with Gasteiger partial charge in [-0.3, -0.25) is 14.5 Å². The number of rotatable bonds is 4. The van der Waals surface area contributed by atoms with Gasteiger partial charge in [0.25, 0.3) is 11.8 Å². The van der Waals surface area contributed by atoms with Crippen molar-refractivity contribution in [3.05, 3.63) is 29.3 Å². The maximum absolute atomic E-state index is 12.2. The molecule has 6 nitrogen and oxygen atoms in total. The van der Waals surface area contributed by atoms with Gasteiger partial charge in [-0.05, 0) is 38.5 Å². The largest absolute Gasteiger partial charge is 0.338 e. The fraction of sp³-hybridized carbons (Fsp3) is 0.400. The van der Waals surface area contributed by atoms with Gasteiger partial charge in [0.05, 0.1) is 11.1 Å². The minimum absolute atomic E-state index is 0.193. The highest BCUT2D eigenvalue weighted by atomic mass is 16.2. The van der Waals surface area contributed by atoms with E-state index in [1.807, 2.05) is 6.92 Å². The van der Waals surface area contributed by atoms with Crippen molar-refractivity contribution in [1.82, 2.24) is 10.2 Å². The highest BCUT2D eigenvalue weighted by molar-refractivity contribution is 6.22. The molecule has 0 atom stereocenters. The summed E-state index contributed by atoms with van der Waals surface area (Å²) in [5.41, 5.74) is 1.21. The van der Waals surface area contributed by atoms with Crippen LogP contribution in [0.4, 0.5) is 10.5 Å². The van der Waals surface area contributed by atoms with E-state index in [4.69, 9.17) is 0 Å². The highest BCUT2D eigenvalue weighted by Crippen LogP contribution is 2.27. The molecule has 0 fully saturated rings. The van der Waals surface area contributed by atoms with Crippen molar-refractivity contribution in [1.29, 1.82) is 0 Å². The summed E-state index contributed by atoms with van der Waals surface area (Å²) in [7, 11) is 0. The van der Waals surface area contributed by atoms with Crippen molar-refractivity contribution in [3.63, 3.8) is 0 Å². The Morgan fingerprint density at radius 3 is 2.48 bits per heavy atom. The second-order valence-corrected chi connectivity index (χ2v) is 5.22. The number of carbonyl (C=O) groups is 3. The van der Waals surface area contributed by atoms with E-state index in [0.29, 0.717) is 23.4 Å². The molecule has 0 spiro atoms. The number of carbonyl (C=O) groups excluding carboxylic acids is 3. The summed E-state index contributed by atoms with van der Waals surface area (Å²) < 4.78 is 0. The molecule has 21 heavy (non-hydrogen) atoms. The van der Waals surface area contributed by atoms with Crippen molar-refractivity contribution in [3.8, 4) is 0 Å². The van der Waals surface area contributed by atoms with Crippen LogP contribution < -0.4 is 10.6 Å². The van der Waals surface area contributed by atoms with Crippen LogP contribution in [0.3, 0.4) is 0 Å². The Hall–Kier alpha value is -2.37. The third-order valence-electron chi connectivity index (χ3n) is 3.23. The standard InChI is InChI=1S/C15H19N3O3/c1-4-7-16-15(21)17-10-5-6-11-12(8-10)14(20)18(9(2)3)13(11)19/h5-6,8-9H,4,7H2,1-3H3,(H2,16,17,21). The summed E-state index contributed by atoms with van der Waals surface area (Å²) in [5, 5.41) is 5.34. The number of hydrogen-bond acceptors (Lipinski definition) is 3. The number of hydrogen-bond donors (Lipinski definition) is 2. The van der Waals surface area contributed by atoms with Gasteiger partial charge in [-0.15, -0.1) is 0 Å². The minimum Gasteiger partial charge on any atom is -0.338 e. The van der Waals surface area contributed by atoms with Gasteiger partial charge >= 0.3 is 6.03 Å². The van der Waals surface area contributed by atoms with Gasteiger partial charge in [-0.2, -0.15) is 0 Å². The van der Waals surface area contributed by atoms with Gasteiger partial charge in [0.1, 0.15) is 0 Å². The average Bonchev–Trinajstić information content (AvgIpc) is 2.68. The predicted octanol–water partition coefficient (Wildman–Crippen LogP) is 2.22. The summed E-state index contributed by atoms with van der Waals surface area (Å²) in [5.74, 6) is -0.602. The lowest BCUT2D eigenvalue weighted by Gasteiger charge is -2.17. The van der Waals surface area contributed by atoms with Crippen LogP contribution in [0.5, 0.6) is 0 Å². The second-order valence-electron chi connectivity index (χ2n) is 5.22. The molecule has 2 N–H and O–H groups in total. The van der Waals surface area contributed by atoms with Crippen LogP contribution in [0.2, 0.25) is 0 Å². The molecule has 4 amide bonds. The molecule has 0 unspecified atom stereocenters. The van der Waals surface area contributed by atoms with Gasteiger partial charge in [0.15, 0.2) is 0 Å². The molecular formula is C15H19N3O3. The van der Waals surface area contributed by atoms with Gasteiger partial charge < -0.3 is 10.6 Å². The van der Waals surface area contributed by atoms with E-state index in [-0.39, 0.29) is 23.9 Å². The van der Waals surface area contributed by atoms with E-state index < -0.39 is 0 Å². The van der Waals surface area contributed by atoms with Crippen LogP contribution in [-0.2, 0) is 0 Å². The van der Waals surface area contributed by atoms with E-state index in [1.165, 1.54) is 4.90 Å².